The van der Waals surface area contributed by atoms with E-state index in [1.54, 1.807) is 13.2 Å². The van der Waals surface area contributed by atoms with Gasteiger partial charge in [-0.2, -0.15) is 0 Å². The van der Waals surface area contributed by atoms with Crippen LogP contribution in [0.25, 0.3) is 0 Å². The molecule has 1 aromatic carbocycles. The third-order valence-corrected chi connectivity index (χ3v) is 4.10. The average Bonchev–Trinajstić information content (AvgIpc) is 2.47. The van der Waals surface area contributed by atoms with Crippen LogP contribution in [0.15, 0.2) is 18.2 Å². The Labute approximate surface area is 124 Å². The predicted molar refractivity (Wildman–Crippen MR) is 83.1 cm³/mol. The standard InChI is InChI=1S/C15H20N2O2S/c1-10-5-6-11(8-13(10)19-2)15(18)17-7-3-4-12(9-17)14(16)20/h5-6,8,12H,3-4,7,9H2,1-2H3,(H2,16,20). The van der Waals surface area contributed by atoms with Gasteiger partial charge in [0.2, 0.25) is 0 Å². The maximum atomic E-state index is 12.5. The molecule has 108 valence electrons. The molecule has 1 fully saturated rings. The number of carbonyl (C=O) groups is 1. The smallest absolute Gasteiger partial charge is 0.254 e. The van der Waals surface area contributed by atoms with Crippen LogP contribution < -0.4 is 10.5 Å². The molecule has 1 aliphatic heterocycles. The van der Waals surface area contributed by atoms with Crippen molar-refractivity contribution >= 4 is 23.1 Å². The van der Waals surface area contributed by atoms with E-state index in [9.17, 15) is 4.79 Å². The fourth-order valence-corrected chi connectivity index (χ4v) is 2.72. The van der Waals surface area contributed by atoms with Gasteiger partial charge in [-0.25, -0.2) is 0 Å². The van der Waals surface area contributed by atoms with E-state index in [0.29, 0.717) is 17.1 Å². The number of nitrogens with zero attached hydrogens (tertiary/aromatic N) is 1. The van der Waals surface area contributed by atoms with Crippen molar-refractivity contribution in [2.75, 3.05) is 20.2 Å². The highest BCUT2D eigenvalue weighted by molar-refractivity contribution is 7.80. The van der Waals surface area contributed by atoms with Gasteiger partial charge in [-0.05, 0) is 37.5 Å². The number of methoxy groups -OCH3 is 1. The molecular weight excluding hydrogens is 272 g/mol. The summed E-state index contributed by atoms with van der Waals surface area (Å²) in [5.74, 6) is 0.887. The van der Waals surface area contributed by atoms with Gasteiger partial charge < -0.3 is 15.4 Å². The van der Waals surface area contributed by atoms with Crippen molar-refractivity contribution in [2.24, 2.45) is 11.7 Å². The van der Waals surface area contributed by atoms with Gasteiger partial charge in [0.15, 0.2) is 0 Å². The highest BCUT2D eigenvalue weighted by atomic mass is 32.1. The third-order valence-electron chi connectivity index (χ3n) is 3.77. The van der Waals surface area contributed by atoms with E-state index in [1.165, 1.54) is 0 Å². The SMILES string of the molecule is COc1cc(C(=O)N2CCCC(C(N)=S)C2)ccc1C. The lowest BCUT2D eigenvalue weighted by Gasteiger charge is -2.32. The summed E-state index contributed by atoms with van der Waals surface area (Å²) in [6, 6.07) is 5.54. The van der Waals surface area contributed by atoms with Crippen molar-refractivity contribution in [1.82, 2.24) is 4.90 Å². The van der Waals surface area contributed by atoms with Crippen LogP contribution in [0.3, 0.4) is 0 Å². The number of amides is 1. The Kier molecular flexibility index (Phi) is 4.60. The largest absolute Gasteiger partial charge is 0.496 e. The van der Waals surface area contributed by atoms with Gasteiger partial charge in [-0.1, -0.05) is 18.3 Å². The molecule has 0 saturated carbocycles. The van der Waals surface area contributed by atoms with Crippen molar-refractivity contribution in [3.8, 4) is 5.75 Å². The monoisotopic (exact) mass is 292 g/mol. The molecule has 1 heterocycles. The van der Waals surface area contributed by atoms with Gasteiger partial charge in [0.1, 0.15) is 5.75 Å². The first-order valence-corrected chi connectivity index (χ1v) is 7.17. The van der Waals surface area contributed by atoms with Crippen molar-refractivity contribution in [1.29, 1.82) is 0 Å². The number of likely N-dealkylation sites (tertiary alicyclic amines) is 1. The van der Waals surface area contributed by atoms with Crippen molar-refractivity contribution < 1.29 is 9.53 Å². The number of nitrogens with two attached hydrogens (primary N) is 1. The van der Waals surface area contributed by atoms with Crippen molar-refractivity contribution in [3.63, 3.8) is 0 Å². The molecule has 2 N–H and O–H groups in total. The van der Waals surface area contributed by atoms with E-state index in [2.05, 4.69) is 0 Å². The maximum absolute atomic E-state index is 12.5. The molecule has 0 radical (unpaired) electrons. The molecule has 2 rings (SSSR count). The highest BCUT2D eigenvalue weighted by Gasteiger charge is 2.26. The summed E-state index contributed by atoms with van der Waals surface area (Å²) in [6.07, 6.45) is 1.91. The Morgan fingerprint density at radius 3 is 2.90 bits per heavy atom. The number of piperidine rings is 1. The first-order chi connectivity index (χ1) is 9.52. The molecule has 0 bridgehead atoms. The number of aryl methyl sites for hydroxylation is 1. The van der Waals surface area contributed by atoms with Crippen LogP contribution in [0.4, 0.5) is 0 Å². The molecule has 5 heteroatoms. The number of hydrogen-bond acceptors (Lipinski definition) is 3. The highest BCUT2D eigenvalue weighted by Crippen LogP contribution is 2.23. The van der Waals surface area contributed by atoms with Crippen LogP contribution in [0.5, 0.6) is 5.75 Å². The van der Waals surface area contributed by atoms with E-state index in [1.807, 2.05) is 24.0 Å². The maximum Gasteiger partial charge on any atom is 0.254 e. The molecule has 0 spiro atoms. The van der Waals surface area contributed by atoms with Crippen LogP contribution in [0.2, 0.25) is 0 Å². The first kappa shape index (κ1) is 14.8. The fraction of sp³-hybridized carbons (Fsp3) is 0.467. The number of benzene rings is 1. The zero-order chi connectivity index (χ0) is 14.7. The average molecular weight is 292 g/mol. The first-order valence-electron chi connectivity index (χ1n) is 6.76. The van der Waals surface area contributed by atoms with Gasteiger partial charge in [0.05, 0.1) is 12.1 Å². The lowest BCUT2D eigenvalue weighted by atomic mass is 9.97. The Hall–Kier alpha value is -1.62. The summed E-state index contributed by atoms with van der Waals surface area (Å²) in [5.41, 5.74) is 7.37. The molecule has 1 aromatic rings. The summed E-state index contributed by atoms with van der Waals surface area (Å²) in [6.45, 7) is 3.33. The summed E-state index contributed by atoms with van der Waals surface area (Å²) in [4.78, 5) is 14.9. The van der Waals surface area contributed by atoms with E-state index in [-0.39, 0.29) is 11.8 Å². The molecule has 1 saturated heterocycles. The summed E-state index contributed by atoms with van der Waals surface area (Å²) in [5, 5.41) is 0. The zero-order valence-electron chi connectivity index (χ0n) is 11.9. The van der Waals surface area contributed by atoms with Crippen molar-refractivity contribution in [3.05, 3.63) is 29.3 Å². The summed E-state index contributed by atoms with van der Waals surface area (Å²) in [7, 11) is 1.61. The quantitative estimate of drug-likeness (QED) is 0.867. The summed E-state index contributed by atoms with van der Waals surface area (Å²) >= 11 is 5.05. The molecule has 1 amide bonds. The lowest BCUT2D eigenvalue weighted by molar-refractivity contribution is 0.0703. The Morgan fingerprint density at radius 1 is 1.50 bits per heavy atom. The minimum Gasteiger partial charge on any atom is -0.496 e. The van der Waals surface area contributed by atoms with Gasteiger partial charge in [-0.15, -0.1) is 0 Å². The molecule has 1 unspecified atom stereocenters. The van der Waals surface area contributed by atoms with E-state index < -0.39 is 0 Å². The Bertz CT molecular complexity index is 531. The molecule has 1 atom stereocenters. The number of ether oxygens (including phenoxy) is 1. The Morgan fingerprint density at radius 2 is 2.25 bits per heavy atom. The number of hydrogen-bond donors (Lipinski definition) is 1. The normalized spacial score (nSPS) is 18.7. The fourth-order valence-electron chi connectivity index (χ4n) is 2.53. The van der Waals surface area contributed by atoms with Gasteiger partial charge in [0, 0.05) is 24.6 Å². The topological polar surface area (TPSA) is 55.6 Å². The molecule has 4 nitrogen and oxygen atoms in total. The van der Waals surface area contributed by atoms with Crippen LogP contribution in [-0.4, -0.2) is 36.0 Å². The second-order valence-electron chi connectivity index (χ2n) is 5.18. The number of thiocarbonyl (C=S) groups is 1. The molecule has 0 aromatic heterocycles. The van der Waals surface area contributed by atoms with E-state index >= 15 is 0 Å². The summed E-state index contributed by atoms with van der Waals surface area (Å²) < 4.78 is 5.27. The van der Waals surface area contributed by atoms with Crippen LogP contribution in [0, 0.1) is 12.8 Å². The van der Waals surface area contributed by atoms with Crippen molar-refractivity contribution in [2.45, 2.75) is 19.8 Å². The van der Waals surface area contributed by atoms with E-state index in [4.69, 9.17) is 22.7 Å². The van der Waals surface area contributed by atoms with Crippen LogP contribution >= 0.6 is 12.2 Å². The van der Waals surface area contributed by atoms with Crippen LogP contribution in [-0.2, 0) is 0 Å². The van der Waals surface area contributed by atoms with Gasteiger partial charge >= 0.3 is 0 Å². The molecule has 1 aliphatic rings. The van der Waals surface area contributed by atoms with Gasteiger partial charge in [-0.3, -0.25) is 4.79 Å². The Balaban J connectivity index is 2.16. The van der Waals surface area contributed by atoms with E-state index in [0.717, 1.165) is 30.7 Å². The molecule has 20 heavy (non-hydrogen) atoms. The zero-order valence-corrected chi connectivity index (χ0v) is 12.7. The van der Waals surface area contributed by atoms with Gasteiger partial charge in [0.25, 0.3) is 5.91 Å². The molecular formula is C15H20N2O2S. The minimum absolute atomic E-state index is 0.0178. The number of rotatable bonds is 3. The lowest BCUT2D eigenvalue weighted by Crippen LogP contribution is -2.43. The second-order valence-corrected chi connectivity index (χ2v) is 5.65. The third kappa shape index (κ3) is 3.10. The minimum atomic E-state index is 0.0178. The number of carbonyl (C=O) groups excluding carboxylic acids is 1. The molecule has 0 aliphatic carbocycles. The predicted octanol–water partition coefficient (Wildman–Crippen LogP) is 2.14. The van der Waals surface area contributed by atoms with Crippen LogP contribution in [0.1, 0.15) is 28.8 Å². The second kappa shape index (κ2) is 6.22.